The number of aliphatic hydroxyl groups is 1. The molecule has 31 heavy (non-hydrogen) atoms. The summed E-state index contributed by atoms with van der Waals surface area (Å²) in [7, 11) is 0. The molecule has 3 aromatic carbocycles. The Bertz CT molecular complexity index is 1430. The number of hydrogen-bond acceptors (Lipinski definition) is 2. The van der Waals surface area contributed by atoms with Gasteiger partial charge in [0.25, 0.3) is 0 Å². The molecule has 0 saturated heterocycles. The van der Waals surface area contributed by atoms with Crippen molar-refractivity contribution in [2.45, 2.75) is 32.1 Å². The van der Waals surface area contributed by atoms with Crippen molar-refractivity contribution in [3.05, 3.63) is 109 Å². The van der Waals surface area contributed by atoms with Crippen LogP contribution in [0.15, 0.2) is 65.8 Å². The van der Waals surface area contributed by atoms with Crippen LogP contribution in [0.2, 0.25) is 5.02 Å². The maximum Gasteiger partial charge on any atom is 0.0997 e. The lowest BCUT2D eigenvalue weighted by Crippen LogP contribution is -2.22. The van der Waals surface area contributed by atoms with Crippen molar-refractivity contribution in [3.63, 3.8) is 0 Å². The number of hydrogen-bond donors (Lipinski definition) is 1. The Hall–Kier alpha value is -3.10. The van der Waals surface area contributed by atoms with Gasteiger partial charge in [-0.25, -0.2) is 0 Å². The van der Waals surface area contributed by atoms with Crippen LogP contribution in [0.25, 0.3) is 17.9 Å². The fourth-order valence-corrected chi connectivity index (χ4v) is 4.86. The first-order chi connectivity index (χ1) is 15.2. The average Bonchev–Trinajstić information content (AvgIpc) is 3.05. The van der Waals surface area contributed by atoms with E-state index in [1.54, 1.807) is 0 Å². The standard InChI is InChI=1S/C18H15ClO.C10H9N/c19-12-5-7-13-11(10-12)4-6-16-14-2-1-3-18(20)17(14)9-8-15(13)16;1-2-4-10-6-8-11-7-5-9(10)3-1/h4-5,7-10,20H,1-3,6H2;1-5,7-8H,6H2. The van der Waals surface area contributed by atoms with Gasteiger partial charge in [-0.2, -0.15) is 0 Å². The Kier molecular flexibility index (Phi) is 5.48. The zero-order chi connectivity index (χ0) is 21.2. The monoisotopic (exact) mass is 425 g/mol. The van der Waals surface area contributed by atoms with E-state index in [0.29, 0.717) is 5.76 Å². The molecule has 0 fully saturated rings. The number of rotatable bonds is 0. The minimum absolute atomic E-state index is 0.552. The summed E-state index contributed by atoms with van der Waals surface area (Å²) < 4.78 is 0. The topological polar surface area (TPSA) is 32.6 Å². The zero-order valence-corrected chi connectivity index (χ0v) is 18.1. The van der Waals surface area contributed by atoms with Crippen molar-refractivity contribution >= 4 is 35.7 Å². The molecule has 1 aliphatic heterocycles. The van der Waals surface area contributed by atoms with Crippen molar-refractivity contribution in [2.24, 2.45) is 4.99 Å². The smallest absolute Gasteiger partial charge is 0.0997 e. The van der Waals surface area contributed by atoms with Gasteiger partial charge in [0.2, 0.25) is 0 Å². The molecule has 0 amide bonds. The van der Waals surface area contributed by atoms with E-state index >= 15 is 0 Å². The van der Waals surface area contributed by atoms with Crippen LogP contribution in [0.5, 0.6) is 0 Å². The van der Waals surface area contributed by atoms with Crippen molar-refractivity contribution in [1.29, 1.82) is 0 Å². The molecule has 0 atom stereocenters. The number of benzene rings is 3. The van der Waals surface area contributed by atoms with E-state index in [0.717, 1.165) is 42.3 Å². The highest BCUT2D eigenvalue weighted by Gasteiger charge is 2.15. The number of fused-ring (bicyclic) bond motifs is 5. The minimum atomic E-state index is 0.552. The lowest BCUT2D eigenvalue weighted by Gasteiger charge is -2.17. The fraction of sp³-hybridized carbons (Fsp3) is 0.179. The van der Waals surface area contributed by atoms with Gasteiger partial charge < -0.3 is 5.11 Å². The number of aliphatic imine (C=N–C) groups is 1. The van der Waals surface area contributed by atoms with E-state index in [-0.39, 0.29) is 0 Å². The first kappa shape index (κ1) is 19.8. The SMILES string of the molecule is C1=Cc2ccccc2CC=N1.OC1=c2ccc3c(c2CCC1)CC=c1cc(Cl)ccc1=3. The van der Waals surface area contributed by atoms with Gasteiger partial charge in [-0.05, 0) is 75.4 Å². The van der Waals surface area contributed by atoms with Crippen molar-refractivity contribution in [2.75, 3.05) is 0 Å². The quantitative estimate of drug-likeness (QED) is 0.524. The van der Waals surface area contributed by atoms with Gasteiger partial charge in [-0.15, -0.1) is 0 Å². The third-order valence-electron chi connectivity index (χ3n) is 6.22. The second kappa shape index (κ2) is 8.56. The summed E-state index contributed by atoms with van der Waals surface area (Å²) in [5.41, 5.74) is 5.35. The molecular formula is C28H24ClNO. The molecule has 0 saturated carbocycles. The molecule has 3 heteroatoms. The van der Waals surface area contributed by atoms with Gasteiger partial charge in [0.1, 0.15) is 0 Å². The Balaban J connectivity index is 0.000000157. The normalized spacial score (nSPS) is 15.3. The molecule has 6 rings (SSSR count). The van der Waals surface area contributed by atoms with Crippen molar-refractivity contribution in [3.8, 4) is 0 Å². The van der Waals surface area contributed by atoms with E-state index in [9.17, 15) is 5.11 Å². The summed E-state index contributed by atoms with van der Waals surface area (Å²) in [6, 6.07) is 18.7. The molecule has 1 heterocycles. The van der Waals surface area contributed by atoms with Crippen LogP contribution in [0.3, 0.4) is 0 Å². The van der Waals surface area contributed by atoms with Gasteiger partial charge >= 0.3 is 0 Å². The number of halogens is 1. The molecule has 0 unspecified atom stereocenters. The number of aliphatic hydroxyl groups excluding tert-OH is 1. The fourth-order valence-electron chi connectivity index (χ4n) is 4.68. The molecule has 0 radical (unpaired) electrons. The maximum atomic E-state index is 10.1. The predicted octanol–water partition coefficient (Wildman–Crippen LogP) is 5.25. The van der Waals surface area contributed by atoms with Crippen LogP contribution in [0.1, 0.15) is 35.1 Å². The average molecular weight is 426 g/mol. The van der Waals surface area contributed by atoms with Crippen molar-refractivity contribution < 1.29 is 5.11 Å². The molecule has 0 spiro atoms. The van der Waals surface area contributed by atoms with Crippen LogP contribution >= 0.6 is 11.6 Å². The van der Waals surface area contributed by atoms with Crippen LogP contribution < -0.4 is 10.4 Å². The first-order valence-electron chi connectivity index (χ1n) is 10.8. The molecule has 3 aromatic rings. The second-order valence-electron chi connectivity index (χ2n) is 8.11. The molecule has 1 N–H and O–H groups in total. The van der Waals surface area contributed by atoms with E-state index in [4.69, 9.17) is 11.6 Å². The summed E-state index contributed by atoms with van der Waals surface area (Å²) >= 11 is 6.08. The Labute approximate surface area is 186 Å². The largest absolute Gasteiger partial charge is 0.512 e. The summed E-state index contributed by atoms with van der Waals surface area (Å²) in [5, 5.41) is 15.7. The summed E-state index contributed by atoms with van der Waals surface area (Å²) in [6.07, 6.45) is 12.9. The summed E-state index contributed by atoms with van der Waals surface area (Å²) in [5.74, 6) is 0.552. The van der Waals surface area contributed by atoms with E-state index in [2.05, 4.69) is 53.5 Å². The van der Waals surface area contributed by atoms with Gasteiger partial charge in [0.05, 0.1) is 5.76 Å². The van der Waals surface area contributed by atoms with Crippen molar-refractivity contribution in [1.82, 2.24) is 0 Å². The lowest BCUT2D eigenvalue weighted by molar-refractivity contribution is 0.465. The van der Waals surface area contributed by atoms with E-state index in [1.165, 1.54) is 37.9 Å². The Morgan fingerprint density at radius 2 is 1.68 bits per heavy atom. The molecule has 3 aliphatic rings. The van der Waals surface area contributed by atoms with Gasteiger partial charge in [-0.3, -0.25) is 4.99 Å². The van der Waals surface area contributed by atoms with Crippen LogP contribution in [0, 0.1) is 10.4 Å². The lowest BCUT2D eigenvalue weighted by atomic mass is 9.88. The van der Waals surface area contributed by atoms with Crippen LogP contribution in [0.4, 0.5) is 0 Å². The third-order valence-corrected chi connectivity index (χ3v) is 6.46. The number of nitrogens with zero attached hydrogens (tertiary/aromatic N) is 1. The molecule has 2 nitrogen and oxygen atoms in total. The minimum Gasteiger partial charge on any atom is -0.512 e. The van der Waals surface area contributed by atoms with Crippen LogP contribution in [-0.4, -0.2) is 11.3 Å². The molecule has 0 bridgehead atoms. The molecule has 154 valence electrons. The highest BCUT2D eigenvalue weighted by atomic mass is 35.5. The summed E-state index contributed by atoms with van der Waals surface area (Å²) in [4.78, 5) is 4.08. The Morgan fingerprint density at radius 3 is 2.61 bits per heavy atom. The zero-order valence-electron chi connectivity index (χ0n) is 17.3. The molecule has 2 aliphatic carbocycles. The van der Waals surface area contributed by atoms with E-state index in [1.807, 2.05) is 30.6 Å². The highest BCUT2D eigenvalue weighted by Crippen LogP contribution is 2.20. The predicted molar refractivity (Wildman–Crippen MR) is 130 cm³/mol. The first-order valence-corrected chi connectivity index (χ1v) is 11.2. The van der Waals surface area contributed by atoms with Gasteiger partial charge in [0.15, 0.2) is 0 Å². The van der Waals surface area contributed by atoms with Crippen LogP contribution in [-0.2, 0) is 19.3 Å². The molecule has 0 aromatic heterocycles. The second-order valence-corrected chi connectivity index (χ2v) is 8.54. The molecular weight excluding hydrogens is 402 g/mol. The van der Waals surface area contributed by atoms with Gasteiger partial charge in [-0.1, -0.05) is 60.1 Å². The summed E-state index contributed by atoms with van der Waals surface area (Å²) in [6.45, 7) is 0. The third kappa shape index (κ3) is 3.96. The van der Waals surface area contributed by atoms with E-state index < -0.39 is 0 Å². The maximum absolute atomic E-state index is 10.1. The van der Waals surface area contributed by atoms with Gasteiger partial charge in [0, 0.05) is 35.5 Å². The Morgan fingerprint density at radius 1 is 0.839 bits per heavy atom. The highest BCUT2D eigenvalue weighted by molar-refractivity contribution is 6.30.